The molecule has 0 aliphatic heterocycles. The summed E-state index contributed by atoms with van der Waals surface area (Å²) in [5.74, 6) is 0. The highest BCUT2D eigenvalue weighted by atomic mass is 32.1. The second kappa shape index (κ2) is 4.17. The molecule has 0 spiro atoms. The third-order valence-corrected chi connectivity index (χ3v) is 1.71. The lowest BCUT2D eigenvalue weighted by molar-refractivity contribution is 1.45. The van der Waals surface area contributed by atoms with Crippen molar-refractivity contribution in [1.29, 1.82) is 0 Å². The zero-order chi connectivity index (χ0) is 8.97. The second-order valence-electron chi connectivity index (χ2n) is 2.77. The molecule has 1 aromatic carbocycles. The highest BCUT2D eigenvalue weighted by Crippen LogP contribution is 2.10. The van der Waals surface area contributed by atoms with E-state index in [-0.39, 0.29) is 0 Å². The molecule has 0 nitrogen and oxygen atoms in total. The molecule has 0 unspecified atom stereocenters. The lowest BCUT2D eigenvalue weighted by Crippen LogP contribution is -1.71. The van der Waals surface area contributed by atoms with Crippen LogP contribution in [0.3, 0.4) is 0 Å². The van der Waals surface area contributed by atoms with Gasteiger partial charge in [0.1, 0.15) is 0 Å². The van der Waals surface area contributed by atoms with Gasteiger partial charge >= 0.3 is 0 Å². The number of rotatable bonds is 2. The summed E-state index contributed by atoms with van der Waals surface area (Å²) in [6.45, 7) is 5.76. The number of allylic oxidation sites excluding steroid dienone is 2. The van der Waals surface area contributed by atoms with E-state index in [2.05, 4.69) is 19.2 Å². The van der Waals surface area contributed by atoms with Crippen LogP contribution in [0, 0.1) is 0 Å². The molecule has 1 heteroatoms. The molecule has 0 fully saturated rings. The van der Waals surface area contributed by atoms with Gasteiger partial charge in [0.05, 0.1) is 0 Å². The zero-order valence-corrected chi connectivity index (χ0v) is 8.01. The standard InChI is InChI=1S/C11H12S/c1-9(2)6-7-10-4-3-5-11(12)8-10/h3-8,12H,1H2,2H3/b7-6+. The maximum absolute atomic E-state index is 4.24. The SMILES string of the molecule is C=C(C)/C=C/c1cccc(S)c1. The van der Waals surface area contributed by atoms with Crippen molar-refractivity contribution < 1.29 is 0 Å². The van der Waals surface area contributed by atoms with E-state index in [9.17, 15) is 0 Å². The maximum Gasteiger partial charge on any atom is 0.00459 e. The van der Waals surface area contributed by atoms with Crippen LogP contribution in [0.1, 0.15) is 12.5 Å². The van der Waals surface area contributed by atoms with E-state index in [0.717, 1.165) is 16.0 Å². The molecule has 0 heterocycles. The topological polar surface area (TPSA) is 0 Å². The summed E-state index contributed by atoms with van der Waals surface area (Å²) >= 11 is 4.24. The Morgan fingerprint density at radius 2 is 2.25 bits per heavy atom. The van der Waals surface area contributed by atoms with Crippen LogP contribution in [0.25, 0.3) is 6.08 Å². The second-order valence-corrected chi connectivity index (χ2v) is 3.29. The molecule has 1 rings (SSSR count). The van der Waals surface area contributed by atoms with Crippen LogP contribution in [0.2, 0.25) is 0 Å². The summed E-state index contributed by atoms with van der Waals surface area (Å²) in [4.78, 5) is 0.985. The average Bonchev–Trinajstić information content (AvgIpc) is 2.01. The van der Waals surface area contributed by atoms with Gasteiger partial charge in [0.15, 0.2) is 0 Å². The van der Waals surface area contributed by atoms with Gasteiger partial charge in [-0.15, -0.1) is 12.6 Å². The quantitative estimate of drug-likeness (QED) is 0.517. The summed E-state index contributed by atoms with van der Waals surface area (Å²) in [7, 11) is 0. The van der Waals surface area contributed by atoms with E-state index in [4.69, 9.17) is 0 Å². The van der Waals surface area contributed by atoms with Gasteiger partial charge in [0, 0.05) is 4.90 Å². The zero-order valence-electron chi connectivity index (χ0n) is 7.12. The predicted molar refractivity (Wildman–Crippen MR) is 57.5 cm³/mol. The Kier molecular flexibility index (Phi) is 3.18. The number of hydrogen-bond donors (Lipinski definition) is 1. The Morgan fingerprint density at radius 1 is 1.50 bits per heavy atom. The van der Waals surface area contributed by atoms with Gasteiger partial charge in [-0.3, -0.25) is 0 Å². The normalized spacial score (nSPS) is 10.5. The Morgan fingerprint density at radius 3 is 2.83 bits per heavy atom. The van der Waals surface area contributed by atoms with Gasteiger partial charge in [-0.1, -0.05) is 36.4 Å². The first-order valence-electron chi connectivity index (χ1n) is 3.81. The highest BCUT2D eigenvalue weighted by molar-refractivity contribution is 7.80. The van der Waals surface area contributed by atoms with Crippen molar-refractivity contribution >= 4 is 18.7 Å². The number of benzene rings is 1. The smallest absolute Gasteiger partial charge is 0.00459 e. The summed E-state index contributed by atoms with van der Waals surface area (Å²) in [5.41, 5.74) is 2.21. The fourth-order valence-electron chi connectivity index (χ4n) is 0.867. The maximum atomic E-state index is 4.24. The van der Waals surface area contributed by atoms with Gasteiger partial charge in [0.25, 0.3) is 0 Å². The Bertz CT molecular complexity index is 311. The molecule has 0 N–H and O–H groups in total. The van der Waals surface area contributed by atoms with Crippen LogP contribution in [-0.2, 0) is 0 Å². The molecule has 1 aromatic rings. The molecule has 0 aliphatic rings. The summed E-state index contributed by atoms with van der Waals surface area (Å²) in [5, 5.41) is 0. The van der Waals surface area contributed by atoms with Crippen LogP contribution in [0.4, 0.5) is 0 Å². The Balaban J connectivity index is 2.83. The summed E-state index contributed by atoms with van der Waals surface area (Å²) in [6.07, 6.45) is 4.02. The lowest BCUT2D eigenvalue weighted by atomic mass is 10.2. The number of thiol groups is 1. The van der Waals surface area contributed by atoms with E-state index >= 15 is 0 Å². The van der Waals surface area contributed by atoms with Gasteiger partial charge in [-0.25, -0.2) is 0 Å². The van der Waals surface area contributed by atoms with E-state index < -0.39 is 0 Å². The molecule has 0 saturated carbocycles. The minimum absolute atomic E-state index is 0.985. The minimum Gasteiger partial charge on any atom is -0.143 e. The van der Waals surface area contributed by atoms with Gasteiger partial charge in [-0.2, -0.15) is 0 Å². The largest absolute Gasteiger partial charge is 0.143 e. The van der Waals surface area contributed by atoms with E-state index in [0.29, 0.717) is 0 Å². The van der Waals surface area contributed by atoms with E-state index in [1.807, 2.05) is 43.3 Å². The number of hydrogen-bond acceptors (Lipinski definition) is 1. The molecule has 0 aliphatic carbocycles. The predicted octanol–water partition coefficient (Wildman–Crippen LogP) is 3.56. The monoisotopic (exact) mass is 176 g/mol. The van der Waals surface area contributed by atoms with Crippen LogP contribution >= 0.6 is 12.6 Å². The molecule has 12 heavy (non-hydrogen) atoms. The lowest BCUT2D eigenvalue weighted by Gasteiger charge is -1.94. The van der Waals surface area contributed by atoms with E-state index in [1.54, 1.807) is 0 Å². The van der Waals surface area contributed by atoms with Crippen LogP contribution in [0.15, 0.2) is 47.4 Å². The van der Waals surface area contributed by atoms with Crippen molar-refractivity contribution in [1.82, 2.24) is 0 Å². The van der Waals surface area contributed by atoms with Crippen molar-refractivity contribution in [2.75, 3.05) is 0 Å². The highest BCUT2D eigenvalue weighted by Gasteiger charge is 1.86. The molecule has 0 aromatic heterocycles. The fraction of sp³-hybridized carbons (Fsp3) is 0.0909. The first-order chi connectivity index (χ1) is 5.68. The molecule has 0 radical (unpaired) electrons. The van der Waals surface area contributed by atoms with Crippen molar-refractivity contribution in [2.24, 2.45) is 0 Å². The molecule has 0 bridgehead atoms. The Labute approximate surface area is 79.0 Å². The Hall–Kier alpha value is -0.950. The van der Waals surface area contributed by atoms with Crippen LogP contribution in [0.5, 0.6) is 0 Å². The van der Waals surface area contributed by atoms with Crippen molar-refractivity contribution in [3.8, 4) is 0 Å². The molecule has 62 valence electrons. The average molecular weight is 176 g/mol. The summed E-state index contributed by atoms with van der Waals surface area (Å²) in [6, 6.07) is 8.00. The summed E-state index contributed by atoms with van der Waals surface area (Å²) < 4.78 is 0. The van der Waals surface area contributed by atoms with Crippen molar-refractivity contribution in [3.63, 3.8) is 0 Å². The van der Waals surface area contributed by atoms with Crippen LogP contribution < -0.4 is 0 Å². The van der Waals surface area contributed by atoms with Gasteiger partial charge < -0.3 is 0 Å². The van der Waals surface area contributed by atoms with Gasteiger partial charge in [-0.05, 0) is 24.6 Å². The van der Waals surface area contributed by atoms with E-state index in [1.165, 1.54) is 0 Å². The molecule has 0 amide bonds. The molecule has 0 atom stereocenters. The molecular formula is C11H12S. The third kappa shape index (κ3) is 2.97. The molecular weight excluding hydrogens is 164 g/mol. The van der Waals surface area contributed by atoms with Gasteiger partial charge in [0.2, 0.25) is 0 Å². The third-order valence-electron chi connectivity index (χ3n) is 1.43. The minimum atomic E-state index is 0.985. The molecule has 0 saturated heterocycles. The van der Waals surface area contributed by atoms with Crippen molar-refractivity contribution in [2.45, 2.75) is 11.8 Å². The first-order valence-corrected chi connectivity index (χ1v) is 4.26. The first kappa shape index (κ1) is 9.14. The van der Waals surface area contributed by atoms with Crippen LogP contribution in [-0.4, -0.2) is 0 Å². The fourth-order valence-corrected chi connectivity index (χ4v) is 1.10. The van der Waals surface area contributed by atoms with Crippen molar-refractivity contribution in [3.05, 3.63) is 48.1 Å².